The predicted octanol–water partition coefficient (Wildman–Crippen LogP) is -0.00200. The molecule has 0 atom stereocenters. The van der Waals surface area contributed by atoms with E-state index in [0.29, 0.717) is 12.2 Å². The molecule has 0 fully saturated rings. The summed E-state index contributed by atoms with van der Waals surface area (Å²) in [5.74, 6) is -0.506. The van der Waals surface area contributed by atoms with Crippen LogP contribution >= 0.6 is 0 Å². The third-order valence-corrected chi connectivity index (χ3v) is 5.59. The Morgan fingerprint density at radius 1 is 1.19 bits per heavy atom. The molecule has 32 heavy (non-hydrogen) atoms. The zero-order chi connectivity index (χ0) is 23.0. The van der Waals surface area contributed by atoms with E-state index >= 15 is 0 Å². The first-order valence-corrected chi connectivity index (χ1v) is 10.1. The first kappa shape index (κ1) is 21.5. The highest BCUT2D eigenvalue weighted by Crippen LogP contribution is 2.30. The molecule has 0 saturated carbocycles. The minimum absolute atomic E-state index is 0.0127. The number of carbonyl (C=O) groups is 2. The van der Waals surface area contributed by atoms with E-state index in [-0.39, 0.29) is 36.1 Å². The van der Waals surface area contributed by atoms with Gasteiger partial charge in [-0.1, -0.05) is 6.07 Å². The quantitative estimate of drug-likeness (QED) is 0.596. The molecule has 0 saturated heterocycles. The van der Waals surface area contributed by atoms with Crippen LogP contribution in [0.15, 0.2) is 34.1 Å². The van der Waals surface area contributed by atoms with Crippen LogP contribution in [0.1, 0.15) is 12.0 Å². The van der Waals surface area contributed by atoms with E-state index < -0.39 is 11.2 Å². The Bertz CT molecular complexity index is 1330. The van der Waals surface area contributed by atoms with E-state index in [1.165, 1.54) is 36.7 Å². The minimum Gasteiger partial charge on any atom is -0.375 e. The summed E-state index contributed by atoms with van der Waals surface area (Å²) in [6, 6.07) is 5.46. The molecule has 0 radical (unpaired) electrons. The number of aromatic nitrogens is 4. The molecule has 0 bridgehead atoms. The molecular weight excluding hydrogens is 416 g/mol. The summed E-state index contributed by atoms with van der Waals surface area (Å²) in [5, 5.41) is 2.81. The topological polar surface area (TPSA) is 120 Å². The Kier molecular flexibility index (Phi) is 5.66. The Labute approximate surface area is 182 Å². The van der Waals surface area contributed by atoms with Crippen molar-refractivity contribution in [2.45, 2.75) is 19.4 Å². The van der Waals surface area contributed by atoms with Crippen LogP contribution in [-0.4, -0.2) is 50.8 Å². The van der Waals surface area contributed by atoms with Gasteiger partial charge in [-0.05, 0) is 30.5 Å². The Morgan fingerprint density at radius 2 is 1.97 bits per heavy atom. The van der Waals surface area contributed by atoms with Gasteiger partial charge in [0.1, 0.15) is 13.2 Å². The fraction of sp³-hybridized carbons (Fsp3) is 0.381. The van der Waals surface area contributed by atoms with Gasteiger partial charge < -0.3 is 19.5 Å². The van der Waals surface area contributed by atoms with Crippen LogP contribution < -0.4 is 21.5 Å². The molecule has 1 aromatic carbocycles. The number of nitrogens with zero attached hydrogens (tertiary/aromatic N) is 5. The van der Waals surface area contributed by atoms with E-state index in [1.807, 2.05) is 6.07 Å². The summed E-state index contributed by atoms with van der Waals surface area (Å²) in [6.45, 7) is 0.421. The number of methoxy groups -OCH3 is 1. The maximum absolute atomic E-state index is 12.7. The van der Waals surface area contributed by atoms with Gasteiger partial charge >= 0.3 is 5.69 Å². The molecule has 168 valence electrons. The van der Waals surface area contributed by atoms with Crippen LogP contribution in [0.2, 0.25) is 0 Å². The van der Waals surface area contributed by atoms with Crippen molar-refractivity contribution in [3.05, 3.63) is 50.9 Å². The Balaban J connectivity index is 1.58. The molecule has 3 heterocycles. The van der Waals surface area contributed by atoms with E-state index in [1.54, 1.807) is 17.0 Å². The Hall–Kier alpha value is -3.73. The molecule has 2 aromatic heterocycles. The fourth-order valence-electron chi connectivity index (χ4n) is 3.98. The largest absolute Gasteiger partial charge is 0.375 e. The molecule has 0 aliphatic carbocycles. The van der Waals surface area contributed by atoms with E-state index in [0.717, 1.165) is 28.7 Å². The highest BCUT2D eigenvalue weighted by atomic mass is 16.5. The number of aryl methyl sites for hydroxylation is 2. The normalized spacial score (nSPS) is 13.3. The molecule has 11 heteroatoms. The number of anilines is 2. The van der Waals surface area contributed by atoms with Gasteiger partial charge in [-0.15, -0.1) is 0 Å². The van der Waals surface area contributed by atoms with Crippen molar-refractivity contribution < 1.29 is 14.3 Å². The van der Waals surface area contributed by atoms with Crippen LogP contribution in [0.5, 0.6) is 0 Å². The molecule has 0 spiro atoms. The molecule has 11 nitrogen and oxygen atoms in total. The molecular formula is C21H24N6O5. The molecule has 0 unspecified atom stereocenters. The van der Waals surface area contributed by atoms with Gasteiger partial charge in [0.2, 0.25) is 5.91 Å². The number of carbonyl (C=O) groups excluding carboxylic acids is 2. The van der Waals surface area contributed by atoms with E-state index in [2.05, 4.69) is 10.3 Å². The highest BCUT2D eigenvalue weighted by molar-refractivity contribution is 5.97. The van der Waals surface area contributed by atoms with Gasteiger partial charge in [0.05, 0.1) is 6.33 Å². The van der Waals surface area contributed by atoms with Gasteiger partial charge in [-0.3, -0.25) is 23.5 Å². The predicted molar refractivity (Wildman–Crippen MR) is 118 cm³/mol. The lowest BCUT2D eigenvalue weighted by Gasteiger charge is -2.29. The lowest BCUT2D eigenvalue weighted by Crippen LogP contribution is -2.38. The van der Waals surface area contributed by atoms with Crippen molar-refractivity contribution in [2.24, 2.45) is 14.1 Å². The molecule has 1 N–H and O–H groups in total. The second-order valence-corrected chi connectivity index (χ2v) is 7.72. The highest BCUT2D eigenvalue weighted by Gasteiger charge is 2.23. The van der Waals surface area contributed by atoms with Crippen LogP contribution in [0.25, 0.3) is 11.2 Å². The van der Waals surface area contributed by atoms with Gasteiger partial charge in [-0.2, -0.15) is 0 Å². The number of amides is 2. The molecule has 4 rings (SSSR count). The number of nitrogens with one attached hydrogen (secondary N) is 1. The third kappa shape index (κ3) is 3.71. The number of fused-ring (bicyclic) bond motifs is 2. The Morgan fingerprint density at radius 3 is 2.72 bits per heavy atom. The van der Waals surface area contributed by atoms with Crippen molar-refractivity contribution in [1.82, 2.24) is 18.7 Å². The van der Waals surface area contributed by atoms with Gasteiger partial charge in [0, 0.05) is 39.1 Å². The summed E-state index contributed by atoms with van der Waals surface area (Å²) in [7, 11) is 4.38. The van der Waals surface area contributed by atoms with Gasteiger partial charge in [0.25, 0.3) is 11.5 Å². The van der Waals surface area contributed by atoms with Crippen molar-refractivity contribution in [2.75, 3.05) is 30.5 Å². The minimum atomic E-state index is -0.519. The summed E-state index contributed by atoms with van der Waals surface area (Å²) in [5.41, 5.74) is 1.71. The molecule has 1 aliphatic heterocycles. The lowest BCUT2D eigenvalue weighted by atomic mass is 10.0. The summed E-state index contributed by atoms with van der Waals surface area (Å²) >= 11 is 0. The average molecular weight is 440 g/mol. The van der Waals surface area contributed by atoms with Crippen molar-refractivity contribution in [1.29, 1.82) is 0 Å². The second-order valence-electron chi connectivity index (χ2n) is 7.72. The first-order valence-electron chi connectivity index (χ1n) is 10.1. The summed E-state index contributed by atoms with van der Waals surface area (Å²) in [4.78, 5) is 55.5. The van der Waals surface area contributed by atoms with Gasteiger partial charge in [0.15, 0.2) is 11.2 Å². The number of hydrogen-bond acceptors (Lipinski definition) is 6. The van der Waals surface area contributed by atoms with Crippen LogP contribution in [-0.2, 0) is 41.4 Å². The van der Waals surface area contributed by atoms with Crippen molar-refractivity contribution in [3.63, 3.8) is 0 Å². The third-order valence-electron chi connectivity index (χ3n) is 5.59. The maximum atomic E-state index is 12.7. The van der Waals surface area contributed by atoms with E-state index in [4.69, 9.17) is 4.74 Å². The smallest absolute Gasteiger partial charge is 0.332 e. The zero-order valence-corrected chi connectivity index (χ0v) is 18.1. The monoisotopic (exact) mass is 440 g/mol. The number of rotatable bonds is 5. The standard InChI is InChI=1S/C21H24N6O5/c1-24-19-18(20(30)25(2)21(24)31)26(12-22-19)10-16(28)23-14-7-6-13-5-4-8-27(15(13)9-14)17(29)11-32-3/h6-7,9,12H,4-5,8,10-11H2,1-3H3,(H,23,28). The molecule has 2 amide bonds. The molecule has 1 aliphatic rings. The first-order chi connectivity index (χ1) is 15.3. The lowest BCUT2D eigenvalue weighted by molar-refractivity contribution is -0.122. The van der Waals surface area contributed by atoms with E-state index in [9.17, 15) is 19.2 Å². The summed E-state index contributed by atoms with van der Waals surface area (Å²) in [6.07, 6.45) is 3.08. The van der Waals surface area contributed by atoms with Crippen molar-refractivity contribution >= 4 is 34.4 Å². The zero-order valence-electron chi connectivity index (χ0n) is 18.1. The number of hydrogen-bond donors (Lipinski definition) is 1. The number of ether oxygens (including phenoxy) is 1. The van der Waals surface area contributed by atoms with Crippen LogP contribution in [0, 0.1) is 0 Å². The second kappa shape index (κ2) is 8.42. The van der Waals surface area contributed by atoms with Gasteiger partial charge in [-0.25, -0.2) is 9.78 Å². The van der Waals surface area contributed by atoms with Crippen LogP contribution in [0.4, 0.5) is 11.4 Å². The summed E-state index contributed by atoms with van der Waals surface area (Å²) < 4.78 is 8.64. The molecule has 3 aromatic rings. The van der Waals surface area contributed by atoms with Crippen LogP contribution in [0.3, 0.4) is 0 Å². The van der Waals surface area contributed by atoms with Crippen molar-refractivity contribution in [3.8, 4) is 0 Å². The SMILES string of the molecule is COCC(=O)N1CCCc2ccc(NC(=O)Cn3cnc4c3c(=O)n(C)c(=O)n4C)cc21. The number of imidazole rings is 1. The maximum Gasteiger partial charge on any atom is 0.332 e. The average Bonchev–Trinajstić information content (AvgIpc) is 3.19. The fourth-order valence-corrected chi connectivity index (χ4v) is 3.98. The number of benzene rings is 1.